The van der Waals surface area contributed by atoms with Gasteiger partial charge in [0.05, 0.1) is 30.5 Å². The molecule has 0 aromatic rings. The van der Waals surface area contributed by atoms with E-state index in [1.54, 1.807) is 7.11 Å². The summed E-state index contributed by atoms with van der Waals surface area (Å²) in [7, 11) is 3.20. The zero-order valence-corrected chi connectivity index (χ0v) is 17.3. The topological polar surface area (TPSA) is 35.5 Å². The summed E-state index contributed by atoms with van der Waals surface area (Å²) < 4.78 is 10.8. The zero-order chi connectivity index (χ0) is 17.7. The largest absolute Gasteiger partial charge is 0.504 e. The van der Waals surface area contributed by atoms with Crippen molar-refractivity contribution in [2.75, 3.05) is 25.7 Å². The normalized spacial score (nSPS) is 32.5. The molecule has 1 heterocycles. The number of carbonyl (C=O) groups excluding carboxylic acids is 1. The highest BCUT2D eigenvalue weighted by Crippen LogP contribution is 2.50. The van der Waals surface area contributed by atoms with Crippen LogP contribution >= 0.6 is 23.5 Å². The van der Waals surface area contributed by atoms with E-state index in [4.69, 9.17) is 9.47 Å². The van der Waals surface area contributed by atoms with Crippen LogP contribution in [0.2, 0.25) is 0 Å². The van der Waals surface area contributed by atoms with E-state index < -0.39 is 0 Å². The molecule has 0 amide bonds. The number of rotatable bonds is 6. The van der Waals surface area contributed by atoms with Gasteiger partial charge >= 0.3 is 5.97 Å². The van der Waals surface area contributed by atoms with E-state index in [9.17, 15) is 4.79 Å². The second-order valence-electron chi connectivity index (χ2n) is 7.30. The molecule has 0 spiro atoms. The Morgan fingerprint density at radius 2 is 2.00 bits per heavy atom. The molecule has 4 atom stereocenters. The van der Waals surface area contributed by atoms with Crippen molar-refractivity contribution >= 4 is 29.5 Å². The Morgan fingerprint density at radius 1 is 1.33 bits per heavy atom. The average molecular weight is 373 g/mol. The zero-order valence-electron chi connectivity index (χ0n) is 15.7. The predicted molar refractivity (Wildman–Crippen MR) is 104 cm³/mol. The molecule has 0 bridgehead atoms. The number of carbonyl (C=O) groups is 1. The third-order valence-corrected chi connectivity index (χ3v) is 9.13. The van der Waals surface area contributed by atoms with Crippen LogP contribution in [0, 0.1) is 23.7 Å². The third kappa shape index (κ3) is 4.66. The first-order valence-electron chi connectivity index (χ1n) is 9.00. The predicted octanol–water partition coefficient (Wildman–Crippen LogP) is 4.96. The standard InChI is InChI=1S/C19H32O3S2/c1-13-6-7-16(14(2)18(20)22-5)17(12-21-4)15(13)8-9-19(3)23-10-11-24-19/h12-16H,6-11H2,1-5H3/b17-12+/t13-,14?,15?,16?/m1/s1. The molecule has 3 nitrogen and oxygen atoms in total. The molecule has 3 unspecified atom stereocenters. The minimum atomic E-state index is -0.107. The quantitative estimate of drug-likeness (QED) is 0.486. The van der Waals surface area contributed by atoms with Crippen molar-refractivity contribution in [3.05, 3.63) is 11.8 Å². The van der Waals surface area contributed by atoms with Crippen LogP contribution in [0.4, 0.5) is 0 Å². The summed E-state index contributed by atoms with van der Waals surface area (Å²) in [4.78, 5) is 12.1. The third-order valence-electron chi connectivity index (χ3n) is 5.71. The number of hydrogen-bond donors (Lipinski definition) is 0. The molecule has 138 valence electrons. The number of hydrogen-bond acceptors (Lipinski definition) is 5. The van der Waals surface area contributed by atoms with E-state index in [1.807, 2.05) is 13.2 Å². The molecule has 2 aliphatic rings. The van der Waals surface area contributed by atoms with Crippen molar-refractivity contribution in [2.24, 2.45) is 23.7 Å². The van der Waals surface area contributed by atoms with Gasteiger partial charge in [0.2, 0.25) is 0 Å². The Kier molecular flexibility index (Phi) is 7.41. The molecule has 0 aromatic heterocycles. The molecule has 1 saturated heterocycles. The average Bonchev–Trinajstić information content (AvgIpc) is 3.00. The van der Waals surface area contributed by atoms with Gasteiger partial charge in [0, 0.05) is 11.5 Å². The van der Waals surface area contributed by atoms with E-state index in [0.29, 0.717) is 15.9 Å². The maximum atomic E-state index is 12.1. The van der Waals surface area contributed by atoms with Gasteiger partial charge in [-0.05, 0) is 55.9 Å². The van der Waals surface area contributed by atoms with Crippen LogP contribution in [-0.4, -0.2) is 35.8 Å². The molecule has 0 N–H and O–H groups in total. The second kappa shape index (κ2) is 8.88. The molecular formula is C19H32O3S2. The van der Waals surface area contributed by atoms with Crippen LogP contribution in [0.1, 0.15) is 46.5 Å². The van der Waals surface area contributed by atoms with E-state index in [-0.39, 0.29) is 17.8 Å². The summed E-state index contributed by atoms with van der Waals surface area (Å²) >= 11 is 4.21. The lowest BCUT2D eigenvalue weighted by molar-refractivity contribution is -0.146. The number of methoxy groups -OCH3 is 2. The smallest absolute Gasteiger partial charge is 0.308 e. The second-order valence-corrected chi connectivity index (χ2v) is 10.8. The van der Waals surface area contributed by atoms with Crippen molar-refractivity contribution in [1.29, 1.82) is 0 Å². The van der Waals surface area contributed by atoms with Gasteiger partial charge in [0.1, 0.15) is 0 Å². The van der Waals surface area contributed by atoms with Crippen molar-refractivity contribution < 1.29 is 14.3 Å². The SMILES string of the molecule is CO/C=C1/C(C(C)C(=O)OC)CC[C@@H](C)C1CCC1(C)SCCS1. The van der Waals surface area contributed by atoms with Crippen molar-refractivity contribution in [1.82, 2.24) is 0 Å². The first kappa shape index (κ1) is 20.0. The first-order valence-corrected chi connectivity index (χ1v) is 11.0. The Balaban J connectivity index is 2.13. The number of ether oxygens (including phenoxy) is 2. The van der Waals surface area contributed by atoms with Crippen LogP contribution in [0.5, 0.6) is 0 Å². The Labute approximate surface area is 155 Å². The van der Waals surface area contributed by atoms with E-state index in [2.05, 4.69) is 37.4 Å². The van der Waals surface area contributed by atoms with Gasteiger partial charge in [0.25, 0.3) is 0 Å². The highest BCUT2D eigenvalue weighted by Gasteiger charge is 2.40. The fourth-order valence-corrected chi connectivity index (χ4v) is 7.07. The van der Waals surface area contributed by atoms with Gasteiger partial charge in [-0.25, -0.2) is 0 Å². The van der Waals surface area contributed by atoms with Crippen LogP contribution in [-0.2, 0) is 14.3 Å². The monoisotopic (exact) mass is 372 g/mol. The minimum Gasteiger partial charge on any atom is -0.504 e. The molecule has 0 radical (unpaired) electrons. The summed E-state index contributed by atoms with van der Waals surface area (Å²) in [5, 5.41) is 0. The first-order chi connectivity index (χ1) is 11.4. The molecule has 5 heteroatoms. The van der Waals surface area contributed by atoms with E-state index in [1.165, 1.54) is 43.5 Å². The fourth-order valence-electron chi connectivity index (χ4n) is 4.18. The summed E-state index contributed by atoms with van der Waals surface area (Å²) in [6, 6.07) is 0. The molecule has 0 aromatic carbocycles. The van der Waals surface area contributed by atoms with E-state index >= 15 is 0 Å². The van der Waals surface area contributed by atoms with Gasteiger partial charge in [-0.2, -0.15) is 0 Å². The van der Waals surface area contributed by atoms with Gasteiger partial charge in [-0.15, -0.1) is 23.5 Å². The summed E-state index contributed by atoms with van der Waals surface area (Å²) in [6.45, 7) is 6.73. The lowest BCUT2D eigenvalue weighted by Crippen LogP contribution is -2.34. The number of allylic oxidation sites excluding steroid dienone is 1. The fraction of sp³-hybridized carbons (Fsp3) is 0.842. The number of esters is 1. The Morgan fingerprint density at radius 3 is 2.58 bits per heavy atom. The Bertz CT molecular complexity index is 458. The number of thioether (sulfide) groups is 2. The molecule has 24 heavy (non-hydrogen) atoms. The Hall–Kier alpha value is -0.290. The van der Waals surface area contributed by atoms with Gasteiger partial charge in [-0.3, -0.25) is 4.79 Å². The van der Waals surface area contributed by atoms with Gasteiger partial charge in [-0.1, -0.05) is 13.8 Å². The summed E-state index contributed by atoms with van der Waals surface area (Å²) in [5.74, 6) is 3.73. The van der Waals surface area contributed by atoms with Crippen molar-refractivity contribution in [3.8, 4) is 0 Å². The molecular weight excluding hydrogens is 340 g/mol. The van der Waals surface area contributed by atoms with E-state index in [0.717, 1.165) is 6.42 Å². The minimum absolute atomic E-state index is 0.0998. The molecule has 2 rings (SSSR count). The molecule has 1 aliphatic carbocycles. The lowest BCUT2D eigenvalue weighted by atomic mass is 9.66. The maximum absolute atomic E-state index is 12.1. The van der Waals surface area contributed by atoms with Crippen LogP contribution in [0.15, 0.2) is 11.8 Å². The molecule has 1 saturated carbocycles. The van der Waals surface area contributed by atoms with Gasteiger partial charge < -0.3 is 9.47 Å². The summed E-state index contributed by atoms with van der Waals surface area (Å²) in [5.41, 5.74) is 1.32. The lowest BCUT2D eigenvalue weighted by Gasteiger charge is -2.40. The van der Waals surface area contributed by atoms with Crippen molar-refractivity contribution in [2.45, 2.75) is 50.5 Å². The van der Waals surface area contributed by atoms with Crippen LogP contribution in [0.3, 0.4) is 0 Å². The molecule has 1 aliphatic heterocycles. The maximum Gasteiger partial charge on any atom is 0.308 e. The van der Waals surface area contributed by atoms with Crippen LogP contribution < -0.4 is 0 Å². The summed E-state index contributed by atoms with van der Waals surface area (Å²) in [6.07, 6.45) is 6.54. The van der Waals surface area contributed by atoms with Crippen molar-refractivity contribution in [3.63, 3.8) is 0 Å². The highest BCUT2D eigenvalue weighted by atomic mass is 32.2. The highest BCUT2D eigenvalue weighted by molar-refractivity contribution is 8.21. The molecule has 2 fully saturated rings. The van der Waals surface area contributed by atoms with Gasteiger partial charge in [0.15, 0.2) is 0 Å². The van der Waals surface area contributed by atoms with Crippen LogP contribution in [0.25, 0.3) is 0 Å².